The molecule has 1 aromatic carbocycles. The number of ether oxygens (including phenoxy) is 1. The summed E-state index contributed by atoms with van der Waals surface area (Å²) in [6.07, 6.45) is 0.770. The monoisotopic (exact) mass is 247 g/mol. The third kappa shape index (κ3) is 2.23. The number of carbonyl (C=O) groups is 2. The van der Waals surface area contributed by atoms with Gasteiger partial charge in [-0.25, -0.2) is 0 Å². The van der Waals surface area contributed by atoms with Crippen molar-refractivity contribution in [2.75, 3.05) is 11.9 Å². The van der Waals surface area contributed by atoms with E-state index in [-0.39, 0.29) is 18.3 Å². The van der Waals surface area contributed by atoms with Gasteiger partial charge in [0.2, 0.25) is 0 Å². The van der Waals surface area contributed by atoms with E-state index in [1.165, 1.54) is 0 Å². The Kier molecular flexibility index (Phi) is 3.11. The Balaban J connectivity index is 2.34. The molecular weight excluding hydrogens is 230 g/mol. The maximum atomic E-state index is 12.3. The molecule has 4 heteroatoms. The predicted octanol–water partition coefficient (Wildman–Crippen LogP) is 2.64. The third-order valence-corrected chi connectivity index (χ3v) is 3.37. The van der Waals surface area contributed by atoms with Crippen molar-refractivity contribution in [2.24, 2.45) is 5.41 Å². The third-order valence-electron chi connectivity index (χ3n) is 3.37. The van der Waals surface area contributed by atoms with Crippen molar-refractivity contribution in [1.82, 2.24) is 0 Å². The van der Waals surface area contributed by atoms with Crippen molar-refractivity contribution in [3.05, 3.63) is 23.8 Å². The molecule has 1 amide bonds. The average Bonchev–Trinajstić information content (AvgIpc) is 2.36. The van der Waals surface area contributed by atoms with Gasteiger partial charge in [-0.15, -0.1) is 0 Å². The molecule has 0 saturated heterocycles. The zero-order valence-electron chi connectivity index (χ0n) is 10.9. The van der Waals surface area contributed by atoms with Crippen LogP contribution >= 0.6 is 0 Å². The van der Waals surface area contributed by atoms with Gasteiger partial charge in [0.1, 0.15) is 5.75 Å². The number of nitrogens with one attached hydrogen (secondary N) is 1. The smallest absolute Gasteiger partial charge is 0.262 e. The lowest BCUT2D eigenvalue weighted by atomic mass is 9.82. The molecule has 0 aliphatic carbocycles. The van der Waals surface area contributed by atoms with E-state index >= 15 is 0 Å². The minimum absolute atomic E-state index is 0.0285. The van der Waals surface area contributed by atoms with Gasteiger partial charge in [0.15, 0.2) is 12.4 Å². The van der Waals surface area contributed by atoms with Gasteiger partial charge in [-0.05, 0) is 24.6 Å². The van der Waals surface area contributed by atoms with Crippen molar-refractivity contribution in [1.29, 1.82) is 0 Å². The molecule has 4 nitrogen and oxygen atoms in total. The van der Waals surface area contributed by atoms with Gasteiger partial charge in [-0.1, -0.05) is 20.8 Å². The maximum absolute atomic E-state index is 12.3. The molecule has 0 bridgehead atoms. The molecule has 96 valence electrons. The quantitative estimate of drug-likeness (QED) is 0.835. The fourth-order valence-corrected chi connectivity index (χ4v) is 1.78. The predicted molar refractivity (Wildman–Crippen MR) is 69.0 cm³/mol. The standard InChI is InChI=1S/C14H17NO3/c1-4-14(2,3)13(17)9-5-6-11-10(7-9)15-12(16)8-18-11/h5-7H,4,8H2,1-3H3,(H,15,16). The first-order valence-electron chi connectivity index (χ1n) is 6.05. The molecule has 1 aliphatic heterocycles. The summed E-state index contributed by atoms with van der Waals surface area (Å²) < 4.78 is 5.26. The SMILES string of the molecule is CCC(C)(C)C(=O)c1ccc2c(c1)NC(=O)CO2. The van der Waals surface area contributed by atoms with Crippen LogP contribution < -0.4 is 10.1 Å². The molecule has 0 unspecified atom stereocenters. The second-order valence-electron chi connectivity index (χ2n) is 5.11. The van der Waals surface area contributed by atoms with Crippen molar-refractivity contribution in [3.8, 4) is 5.75 Å². The number of Topliss-reactive ketones (excluding diaryl/α,β-unsaturated/α-hetero) is 1. The van der Waals surface area contributed by atoms with E-state index in [4.69, 9.17) is 4.74 Å². The summed E-state index contributed by atoms with van der Waals surface area (Å²) in [7, 11) is 0. The Bertz CT molecular complexity index is 506. The first-order chi connectivity index (χ1) is 8.44. The lowest BCUT2D eigenvalue weighted by Gasteiger charge is -2.23. The molecule has 1 heterocycles. The summed E-state index contributed by atoms with van der Waals surface area (Å²) in [6.45, 7) is 5.86. The Morgan fingerprint density at radius 3 is 2.83 bits per heavy atom. The lowest BCUT2D eigenvalue weighted by Crippen LogP contribution is -2.27. The van der Waals surface area contributed by atoms with Crippen molar-refractivity contribution >= 4 is 17.4 Å². The Hall–Kier alpha value is -1.84. The van der Waals surface area contributed by atoms with Gasteiger partial charge in [0.05, 0.1) is 5.69 Å². The van der Waals surface area contributed by atoms with Gasteiger partial charge in [-0.2, -0.15) is 0 Å². The number of ketones is 1. The fraction of sp³-hybridized carbons (Fsp3) is 0.429. The molecule has 1 N–H and O–H groups in total. The Morgan fingerprint density at radius 1 is 1.44 bits per heavy atom. The zero-order valence-corrected chi connectivity index (χ0v) is 10.9. The normalized spacial score (nSPS) is 14.5. The molecule has 0 radical (unpaired) electrons. The highest BCUT2D eigenvalue weighted by atomic mass is 16.5. The number of hydrogen-bond donors (Lipinski definition) is 1. The van der Waals surface area contributed by atoms with Crippen molar-refractivity contribution in [2.45, 2.75) is 27.2 Å². The van der Waals surface area contributed by atoms with Crippen LogP contribution in [0.2, 0.25) is 0 Å². The molecule has 0 aromatic heterocycles. The van der Waals surface area contributed by atoms with E-state index in [0.717, 1.165) is 6.42 Å². The fourth-order valence-electron chi connectivity index (χ4n) is 1.78. The first kappa shape index (κ1) is 12.6. The molecule has 1 aliphatic rings. The Morgan fingerprint density at radius 2 is 2.17 bits per heavy atom. The summed E-state index contributed by atoms with van der Waals surface area (Å²) in [6, 6.07) is 5.16. The summed E-state index contributed by atoms with van der Waals surface area (Å²) in [4.78, 5) is 23.6. The van der Waals surface area contributed by atoms with Crippen LogP contribution in [0.1, 0.15) is 37.6 Å². The minimum atomic E-state index is -0.395. The van der Waals surface area contributed by atoms with Gasteiger partial charge in [0, 0.05) is 11.0 Å². The molecule has 1 aromatic rings. The maximum Gasteiger partial charge on any atom is 0.262 e. The summed E-state index contributed by atoms with van der Waals surface area (Å²) in [5.74, 6) is 0.495. The highest BCUT2D eigenvalue weighted by molar-refractivity contribution is 6.03. The largest absolute Gasteiger partial charge is 0.482 e. The molecule has 2 rings (SSSR count). The van der Waals surface area contributed by atoms with Gasteiger partial charge in [-0.3, -0.25) is 9.59 Å². The number of amides is 1. The number of anilines is 1. The lowest BCUT2D eigenvalue weighted by molar-refractivity contribution is -0.118. The van der Waals surface area contributed by atoms with Crippen LogP contribution in [-0.4, -0.2) is 18.3 Å². The van der Waals surface area contributed by atoms with Crippen molar-refractivity contribution in [3.63, 3.8) is 0 Å². The van der Waals surface area contributed by atoms with E-state index in [0.29, 0.717) is 17.0 Å². The summed E-state index contributed by atoms with van der Waals surface area (Å²) in [5.41, 5.74) is 0.781. The molecule has 18 heavy (non-hydrogen) atoms. The number of fused-ring (bicyclic) bond motifs is 1. The highest BCUT2D eigenvalue weighted by Crippen LogP contribution is 2.32. The summed E-state index contributed by atoms with van der Waals surface area (Å²) >= 11 is 0. The zero-order chi connectivity index (χ0) is 13.3. The Labute approximate surface area is 106 Å². The number of hydrogen-bond acceptors (Lipinski definition) is 3. The van der Waals surface area contributed by atoms with Crippen LogP contribution in [-0.2, 0) is 4.79 Å². The van der Waals surface area contributed by atoms with Crippen LogP contribution in [0.25, 0.3) is 0 Å². The molecule has 0 fully saturated rings. The molecule has 0 atom stereocenters. The van der Waals surface area contributed by atoms with Gasteiger partial charge in [0.25, 0.3) is 5.91 Å². The molecular formula is C14H17NO3. The van der Waals surface area contributed by atoms with Crippen LogP contribution in [0, 0.1) is 5.41 Å². The molecule has 0 saturated carbocycles. The van der Waals surface area contributed by atoms with Crippen LogP contribution in [0.4, 0.5) is 5.69 Å². The van der Waals surface area contributed by atoms with E-state index in [1.54, 1.807) is 18.2 Å². The second-order valence-corrected chi connectivity index (χ2v) is 5.11. The van der Waals surface area contributed by atoms with E-state index in [9.17, 15) is 9.59 Å². The second kappa shape index (κ2) is 4.44. The minimum Gasteiger partial charge on any atom is -0.482 e. The highest BCUT2D eigenvalue weighted by Gasteiger charge is 2.27. The summed E-state index contributed by atoms with van der Waals surface area (Å²) in [5, 5.41) is 2.71. The topological polar surface area (TPSA) is 55.4 Å². The van der Waals surface area contributed by atoms with Crippen LogP contribution in [0.3, 0.4) is 0 Å². The average molecular weight is 247 g/mol. The number of rotatable bonds is 3. The number of carbonyl (C=O) groups excluding carboxylic acids is 2. The van der Waals surface area contributed by atoms with Crippen molar-refractivity contribution < 1.29 is 14.3 Å². The molecule has 0 spiro atoms. The van der Waals surface area contributed by atoms with Crippen LogP contribution in [0.5, 0.6) is 5.75 Å². The van der Waals surface area contributed by atoms with E-state index < -0.39 is 5.41 Å². The first-order valence-corrected chi connectivity index (χ1v) is 6.05. The number of benzene rings is 1. The van der Waals surface area contributed by atoms with Crippen LogP contribution in [0.15, 0.2) is 18.2 Å². The van der Waals surface area contributed by atoms with E-state index in [2.05, 4.69) is 5.32 Å². The van der Waals surface area contributed by atoms with Gasteiger partial charge < -0.3 is 10.1 Å². The van der Waals surface area contributed by atoms with Gasteiger partial charge >= 0.3 is 0 Å². The van der Waals surface area contributed by atoms with E-state index in [1.807, 2.05) is 20.8 Å².